The number of aromatic nitrogens is 4. The van der Waals surface area contributed by atoms with Crippen LogP contribution in [-0.4, -0.2) is 39.0 Å². The van der Waals surface area contributed by atoms with Gasteiger partial charge < -0.3 is 19.0 Å². The molecule has 0 aliphatic carbocycles. The summed E-state index contributed by atoms with van der Waals surface area (Å²) in [5.74, 6) is 0. The molecule has 2 aromatic carbocycles. The predicted molar refractivity (Wildman–Crippen MR) is 119 cm³/mol. The van der Waals surface area contributed by atoms with Gasteiger partial charge in [-0.2, -0.15) is 0 Å². The van der Waals surface area contributed by atoms with Crippen LogP contribution < -0.4 is 11.1 Å². The SMILES string of the molecule is O=c1cnc2ccc(Br)cc2[nH]1.O=c1cnc2ccc(Br)cc2n1CC1OCCO1. The van der Waals surface area contributed by atoms with Gasteiger partial charge in [-0.15, -0.1) is 0 Å². The molecule has 1 aliphatic heterocycles. The Labute approximate surface area is 187 Å². The second-order valence-corrected chi connectivity index (χ2v) is 8.25. The van der Waals surface area contributed by atoms with Gasteiger partial charge in [0.05, 0.1) is 54.2 Å². The van der Waals surface area contributed by atoms with Crippen molar-refractivity contribution in [2.24, 2.45) is 0 Å². The minimum Gasteiger partial charge on any atom is -0.348 e. The Morgan fingerprint density at radius 3 is 2.40 bits per heavy atom. The van der Waals surface area contributed by atoms with Gasteiger partial charge in [0.1, 0.15) is 0 Å². The van der Waals surface area contributed by atoms with Crippen LogP contribution >= 0.6 is 31.9 Å². The molecule has 8 nitrogen and oxygen atoms in total. The fourth-order valence-electron chi connectivity index (χ4n) is 3.00. The molecular formula is C20H16Br2N4O4. The summed E-state index contributed by atoms with van der Waals surface area (Å²) >= 11 is 6.71. The van der Waals surface area contributed by atoms with E-state index < -0.39 is 0 Å². The van der Waals surface area contributed by atoms with E-state index in [2.05, 4.69) is 46.8 Å². The smallest absolute Gasteiger partial charge is 0.269 e. The molecule has 10 heteroatoms. The Bertz CT molecular complexity index is 1320. The molecule has 5 rings (SSSR count). The monoisotopic (exact) mass is 534 g/mol. The zero-order chi connectivity index (χ0) is 21.1. The van der Waals surface area contributed by atoms with Crippen molar-refractivity contribution in [2.45, 2.75) is 12.8 Å². The van der Waals surface area contributed by atoms with E-state index in [0.29, 0.717) is 19.8 Å². The number of aromatic amines is 1. The second kappa shape index (κ2) is 9.17. The van der Waals surface area contributed by atoms with Crippen molar-refractivity contribution in [3.63, 3.8) is 0 Å². The average molecular weight is 536 g/mol. The number of hydrogen-bond donors (Lipinski definition) is 1. The van der Waals surface area contributed by atoms with Crippen LogP contribution in [0.5, 0.6) is 0 Å². The second-order valence-electron chi connectivity index (χ2n) is 6.42. The summed E-state index contributed by atoms with van der Waals surface area (Å²) in [5.41, 5.74) is 2.75. The van der Waals surface area contributed by atoms with Gasteiger partial charge in [-0.1, -0.05) is 31.9 Å². The van der Waals surface area contributed by atoms with Crippen LogP contribution in [0.15, 0.2) is 67.3 Å². The number of H-pyrrole nitrogens is 1. The van der Waals surface area contributed by atoms with Crippen LogP contribution in [-0.2, 0) is 16.0 Å². The molecule has 1 N–H and O–H groups in total. The van der Waals surface area contributed by atoms with E-state index in [0.717, 1.165) is 31.0 Å². The number of nitrogens with one attached hydrogen (secondary N) is 1. The van der Waals surface area contributed by atoms with E-state index in [9.17, 15) is 9.59 Å². The van der Waals surface area contributed by atoms with Crippen molar-refractivity contribution < 1.29 is 9.47 Å². The standard InChI is InChI=1S/C12H11BrN2O3.C8H5BrN2O/c13-8-1-2-9-10(5-8)15(11(16)6-14-9)7-12-17-3-4-18-12;9-5-1-2-6-7(3-5)11-8(12)4-10-6/h1-2,5-6,12H,3-4,7H2;1-4H,(H,11,12). The normalized spacial score (nSPS) is 14.1. The molecule has 0 atom stereocenters. The van der Waals surface area contributed by atoms with Gasteiger partial charge in [0.25, 0.3) is 11.1 Å². The van der Waals surface area contributed by atoms with Crippen molar-refractivity contribution >= 4 is 53.9 Å². The number of benzene rings is 2. The van der Waals surface area contributed by atoms with Crippen molar-refractivity contribution in [3.05, 3.63) is 78.4 Å². The van der Waals surface area contributed by atoms with Crippen molar-refractivity contribution in [2.75, 3.05) is 13.2 Å². The first-order valence-corrected chi connectivity index (χ1v) is 10.6. The number of fused-ring (bicyclic) bond motifs is 2. The minimum absolute atomic E-state index is 0.153. The quantitative estimate of drug-likeness (QED) is 0.423. The number of nitrogens with zero attached hydrogens (tertiary/aromatic N) is 3. The Hall–Kier alpha value is -2.40. The summed E-state index contributed by atoms with van der Waals surface area (Å²) in [6, 6.07) is 11.2. The fourth-order valence-corrected chi connectivity index (χ4v) is 3.71. The van der Waals surface area contributed by atoms with Crippen LogP contribution in [0.4, 0.5) is 0 Å². The van der Waals surface area contributed by atoms with Crippen molar-refractivity contribution in [3.8, 4) is 0 Å². The van der Waals surface area contributed by atoms with E-state index in [1.54, 1.807) is 4.57 Å². The Balaban J connectivity index is 0.000000158. The first-order chi connectivity index (χ1) is 14.5. The molecule has 4 aromatic rings. The topological polar surface area (TPSA) is 99.1 Å². The van der Waals surface area contributed by atoms with Crippen LogP contribution in [0.2, 0.25) is 0 Å². The lowest BCUT2D eigenvalue weighted by molar-refractivity contribution is -0.0523. The fraction of sp³-hybridized carbons (Fsp3) is 0.200. The lowest BCUT2D eigenvalue weighted by Gasteiger charge is -2.13. The predicted octanol–water partition coefficient (Wildman–Crippen LogP) is 3.22. The molecule has 0 radical (unpaired) electrons. The summed E-state index contributed by atoms with van der Waals surface area (Å²) < 4.78 is 14.2. The highest BCUT2D eigenvalue weighted by Crippen LogP contribution is 2.18. The molecule has 2 aromatic heterocycles. The van der Waals surface area contributed by atoms with Crippen LogP contribution in [0.3, 0.4) is 0 Å². The minimum atomic E-state index is -0.354. The third-order valence-electron chi connectivity index (χ3n) is 4.37. The molecule has 1 aliphatic rings. The molecule has 30 heavy (non-hydrogen) atoms. The van der Waals surface area contributed by atoms with E-state index in [1.165, 1.54) is 12.4 Å². The molecular weight excluding hydrogens is 520 g/mol. The number of ether oxygens (including phenoxy) is 2. The molecule has 1 saturated heterocycles. The zero-order valence-electron chi connectivity index (χ0n) is 15.5. The maximum absolute atomic E-state index is 11.9. The van der Waals surface area contributed by atoms with Crippen LogP contribution in [0.1, 0.15) is 0 Å². The number of rotatable bonds is 2. The zero-order valence-corrected chi connectivity index (χ0v) is 18.7. The van der Waals surface area contributed by atoms with Gasteiger partial charge in [0.15, 0.2) is 6.29 Å². The molecule has 0 saturated carbocycles. The van der Waals surface area contributed by atoms with Crippen LogP contribution in [0, 0.1) is 0 Å². The van der Waals surface area contributed by atoms with E-state index in [-0.39, 0.29) is 17.4 Å². The molecule has 0 amide bonds. The summed E-state index contributed by atoms with van der Waals surface area (Å²) in [4.78, 5) is 33.5. The van der Waals surface area contributed by atoms with Gasteiger partial charge in [-0.3, -0.25) is 9.59 Å². The van der Waals surface area contributed by atoms with Gasteiger partial charge in [-0.05, 0) is 36.4 Å². The van der Waals surface area contributed by atoms with Crippen molar-refractivity contribution in [1.29, 1.82) is 0 Å². The summed E-state index contributed by atoms with van der Waals surface area (Å²) in [6.07, 6.45) is 2.24. The largest absolute Gasteiger partial charge is 0.348 e. The van der Waals surface area contributed by atoms with E-state index in [4.69, 9.17) is 9.47 Å². The van der Waals surface area contributed by atoms with E-state index in [1.807, 2.05) is 36.4 Å². The highest BCUT2D eigenvalue weighted by atomic mass is 79.9. The van der Waals surface area contributed by atoms with Gasteiger partial charge >= 0.3 is 0 Å². The molecule has 1 fully saturated rings. The lowest BCUT2D eigenvalue weighted by atomic mass is 10.3. The lowest BCUT2D eigenvalue weighted by Crippen LogP contribution is -2.27. The maximum atomic E-state index is 11.9. The average Bonchev–Trinajstić information content (AvgIpc) is 3.24. The number of halogens is 2. The third-order valence-corrected chi connectivity index (χ3v) is 5.35. The van der Waals surface area contributed by atoms with Gasteiger partial charge in [0.2, 0.25) is 0 Å². The van der Waals surface area contributed by atoms with Gasteiger partial charge in [0, 0.05) is 8.95 Å². The summed E-state index contributed by atoms with van der Waals surface area (Å²) in [5, 5.41) is 0. The third kappa shape index (κ3) is 4.84. The van der Waals surface area contributed by atoms with Crippen molar-refractivity contribution in [1.82, 2.24) is 19.5 Å². The molecule has 0 bridgehead atoms. The Morgan fingerprint density at radius 1 is 0.967 bits per heavy atom. The summed E-state index contributed by atoms with van der Waals surface area (Å²) in [7, 11) is 0. The first kappa shape index (κ1) is 20.9. The Kier molecular flexibility index (Phi) is 6.38. The first-order valence-electron chi connectivity index (χ1n) is 9.02. The molecule has 154 valence electrons. The maximum Gasteiger partial charge on any atom is 0.269 e. The molecule has 0 unspecified atom stereocenters. The van der Waals surface area contributed by atoms with Gasteiger partial charge in [-0.25, -0.2) is 9.97 Å². The summed E-state index contributed by atoms with van der Waals surface area (Å²) in [6.45, 7) is 1.53. The molecule has 3 heterocycles. The molecule has 0 spiro atoms. The Morgan fingerprint density at radius 2 is 1.63 bits per heavy atom. The number of hydrogen-bond acceptors (Lipinski definition) is 6. The van der Waals surface area contributed by atoms with E-state index >= 15 is 0 Å². The highest BCUT2D eigenvalue weighted by molar-refractivity contribution is 9.10. The highest BCUT2D eigenvalue weighted by Gasteiger charge is 2.18. The van der Waals surface area contributed by atoms with Crippen LogP contribution in [0.25, 0.3) is 22.1 Å².